The number of hydrogen-bond donors (Lipinski definition) is 1. The Morgan fingerprint density at radius 1 is 1.34 bits per heavy atom. The van der Waals surface area contributed by atoms with Crippen molar-refractivity contribution in [1.29, 1.82) is 0 Å². The Bertz CT molecular complexity index is 855. The fraction of sp³-hybridized carbons (Fsp3) is 0.667. The minimum Gasteiger partial charge on any atom is -0.363 e. The lowest BCUT2D eigenvalue weighted by Gasteiger charge is -2.28. The Kier molecular flexibility index (Phi) is 7.29. The number of H-pyrrole nitrogens is 1. The normalized spacial score (nSPS) is 22.6. The molecule has 1 aliphatic heterocycles. The van der Waals surface area contributed by atoms with E-state index in [9.17, 15) is 22.8 Å². The molecule has 0 unspecified atom stereocenters. The summed E-state index contributed by atoms with van der Waals surface area (Å²) in [4.78, 5) is 25.2. The van der Waals surface area contributed by atoms with Gasteiger partial charge in [-0.25, -0.2) is 4.79 Å². The summed E-state index contributed by atoms with van der Waals surface area (Å²) in [7, 11) is 0. The number of alkyl halides is 3. The predicted octanol–water partition coefficient (Wildman–Crippen LogP) is 1.65. The van der Waals surface area contributed by atoms with Gasteiger partial charge in [-0.05, 0) is 20.8 Å². The molecule has 0 bridgehead atoms. The maximum Gasteiger partial charge on any atom is 0.423 e. The van der Waals surface area contributed by atoms with Gasteiger partial charge in [-0.1, -0.05) is 5.92 Å². The van der Waals surface area contributed by atoms with Gasteiger partial charge in [-0.3, -0.25) is 14.3 Å². The summed E-state index contributed by atoms with van der Waals surface area (Å²) in [6.07, 6.45) is -1.71. The molecule has 0 aliphatic carbocycles. The number of nitrogens with zero attached hydrogens (tertiary/aromatic N) is 1. The summed E-state index contributed by atoms with van der Waals surface area (Å²) < 4.78 is 62.1. The highest BCUT2D eigenvalue weighted by Crippen LogP contribution is 2.32. The summed E-state index contributed by atoms with van der Waals surface area (Å²) in [6.45, 7) is 5.53. The predicted molar refractivity (Wildman–Crippen MR) is 95.1 cm³/mol. The highest BCUT2D eigenvalue weighted by molar-refractivity contribution is 5.09. The van der Waals surface area contributed by atoms with E-state index in [1.807, 2.05) is 0 Å². The van der Waals surface area contributed by atoms with Gasteiger partial charge in [0, 0.05) is 19.2 Å². The summed E-state index contributed by atoms with van der Waals surface area (Å²) in [5.41, 5.74) is -4.05. The third-order valence-corrected chi connectivity index (χ3v) is 4.23. The van der Waals surface area contributed by atoms with E-state index in [2.05, 4.69) is 5.92 Å². The molecule has 29 heavy (non-hydrogen) atoms. The van der Waals surface area contributed by atoms with Gasteiger partial charge in [0.1, 0.15) is 24.5 Å². The van der Waals surface area contributed by atoms with Crippen LogP contribution >= 0.6 is 0 Å². The third kappa shape index (κ3) is 5.93. The van der Waals surface area contributed by atoms with E-state index in [0.29, 0.717) is 17.4 Å². The van der Waals surface area contributed by atoms with Gasteiger partial charge < -0.3 is 18.9 Å². The highest BCUT2D eigenvalue weighted by Gasteiger charge is 2.41. The molecule has 0 saturated carbocycles. The van der Waals surface area contributed by atoms with Crippen molar-refractivity contribution in [2.45, 2.75) is 57.6 Å². The van der Waals surface area contributed by atoms with Gasteiger partial charge >= 0.3 is 11.9 Å². The van der Waals surface area contributed by atoms with Gasteiger partial charge in [0.15, 0.2) is 5.79 Å². The van der Waals surface area contributed by atoms with Gasteiger partial charge in [0.25, 0.3) is 5.56 Å². The number of terminal acetylenes is 1. The minimum atomic E-state index is -4.93. The van der Waals surface area contributed by atoms with E-state index in [1.165, 1.54) is 0 Å². The lowest BCUT2D eigenvalue weighted by Crippen LogP contribution is -2.37. The first-order valence-electron chi connectivity index (χ1n) is 8.89. The first kappa shape index (κ1) is 23.2. The number of nitrogens with one attached hydrogen (secondary N) is 1. The number of halogens is 3. The van der Waals surface area contributed by atoms with Crippen LogP contribution in [0.25, 0.3) is 0 Å². The molecule has 1 saturated heterocycles. The van der Waals surface area contributed by atoms with Crippen molar-refractivity contribution in [1.82, 2.24) is 9.55 Å². The maximum absolute atomic E-state index is 13.0. The molecule has 0 amide bonds. The monoisotopic (exact) mass is 420 g/mol. The Morgan fingerprint density at radius 3 is 2.62 bits per heavy atom. The zero-order valence-corrected chi connectivity index (χ0v) is 16.2. The van der Waals surface area contributed by atoms with Gasteiger partial charge in [0.05, 0.1) is 12.7 Å². The number of aromatic amines is 1. The maximum atomic E-state index is 13.0. The molecular formula is C18H23F3N2O6. The Labute approximate surface area is 164 Å². The molecule has 1 N–H and O–H groups in total. The summed E-state index contributed by atoms with van der Waals surface area (Å²) in [5, 5.41) is 0. The van der Waals surface area contributed by atoms with Crippen LogP contribution in [0, 0.1) is 12.3 Å². The van der Waals surface area contributed by atoms with Crippen molar-refractivity contribution in [3.63, 3.8) is 0 Å². The molecular weight excluding hydrogens is 397 g/mol. The second-order valence-corrected chi connectivity index (χ2v) is 6.77. The molecule has 162 valence electrons. The topological polar surface area (TPSA) is 91.8 Å². The summed E-state index contributed by atoms with van der Waals surface area (Å²) >= 11 is 0. The Hall–Kier alpha value is -2.13. The molecule has 0 aromatic carbocycles. The first-order chi connectivity index (χ1) is 13.5. The first-order valence-corrected chi connectivity index (χ1v) is 8.89. The quantitative estimate of drug-likeness (QED) is 0.508. The molecule has 2 heterocycles. The second-order valence-electron chi connectivity index (χ2n) is 6.77. The van der Waals surface area contributed by atoms with Crippen molar-refractivity contribution in [3.05, 3.63) is 32.6 Å². The number of hydrogen-bond acceptors (Lipinski definition) is 6. The average molecular weight is 420 g/mol. The molecule has 1 aromatic heterocycles. The van der Waals surface area contributed by atoms with Crippen molar-refractivity contribution < 1.29 is 32.1 Å². The van der Waals surface area contributed by atoms with E-state index < -0.39 is 47.2 Å². The van der Waals surface area contributed by atoms with Crippen LogP contribution in [0.1, 0.15) is 39.0 Å². The van der Waals surface area contributed by atoms with E-state index in [0.717, 1.165) is 0 Å². The molecule has 3 atom stereocenters. The standard InChI is InChI=1S/C18H23F3N2O6/c1-5-7-26-12-8-14(29-13(12)10-28-17(3,4)27-6-2)23-9-11(18(19,20)21)15(24)22-16(23)25/h1,9,12-14H,6-8,10H2,2-4H3,(H,22,24,25)/t12-,13+,14+/m0/s1. The van der Waals surface area contributed by atoms with Crippen LogP contribution in [0.4, 0.5) is 13.2 Å². The SMILES string of the molecule is C#CCO[C@H]1C[C@H](n2cc(C(F)(F)F)c(=O)[nH]c2=O)O[C@@H]1COC(C)(C)OCC. The van der Waals surface area contributed by atoms with Crippen LogP contribution in [0.2, 0.25) is 0 Å². The Balaban J connectivity index is 2.26. The molecule has 1 fully saturated rings. The van der Waals surface area contributed by atoms with Crippen LogP contribution in [0.15, 0.2) is 15.8 Å². The van der Waals surface area contributed by atoms with E-state index in [1.54, 1.807) is 25.8 Å². The van der Waals surface area contributed by atoms with E-state index in [-0.39, 0.29) is 19.6 Å². The van der Waals surface area contributed by atoms with Crippen molar-refractivity contribution in [2.24, 2.45) is 0 Å². The van der Waals surface area contributed by atoms with Crippen LogP contribution in [0.5, 0.6) is 0 Å². The molecule has 0 radical (unpaired) electrons. The molecule has 8 nitrogen and oxygen atoms in total. The molecule has 1 aromatic rings. The van der Waals surface area contributed by atoms with Crippen LogP contribution in [-0.4, -0.2) is 47.4 Å². The highest BCUT2D eigenvalue weighted by atomic mass is 19.4. The zero-order valence-electron chi connectivity index (χ0n) is 16.2. The summed E-state index contributed by atoms with van der Waals surface area (Å²) in [6, 6.07) is 0. The second kappa shape index (κ2) is 9.13. The number of aromatic nitrogens is 2. The van der Waals surface area contributed by atoms with Gasteiger partial charge in [0.2, 0.25) is 0 Å². The fourth-order valence-electron chi connectivity index (χ4n) is 2.92. The molecule has 11 heteroatoms. The average Bonchev–Trinajstić information content (AvgIpc) is 3.00. The lowest BCUT2D eigenvalue weighted by molar-refractivity contribution is -0.229. The summed E-state index contributed by atoms with van der Waals surface area (Å²) in [5.74, 6) is 1.38. The van der Waals surface area contributed by atoms with E-state index in [4.69, 9.17) is 25.4 Å². The zero-order chi connectivity index (χ0) is 21.8. The minimum absolute atomic E-state index is 0.0109. The van der Waals surface area contributed by atoms with Gasteiger partial charge in [-0.15, -0.1) is 6.42 Å². The van der Waals surface area contributed by atoms with Crippen molar-refractivity contribution >= 4 is 0 Å². The smallest absolute Gasteiger partial charge is 0.363 e. The van der Waals surface area contributed by atoms with Crippen molar-refractivity contribution in [2.75, 3.05) is 19.8 Å². The molecule has 0 spiro atoms. The number of rotatable bonds is 8. The Morgan fingerprint density at radius 2 is 2.03 bits per heavy atom. The van der Waals surface area contributed by atoms with E-state index >= 15 is 0 Å². The van der Waals surface area contributed by atoms with Crippen molar-refractivity contribution in [3.8, 4) is 12.3 Å². The van der Waals surface area contributed by atoms with Crippen LogP contribution in [0.3, 0.4) is 0 Å². The fourth-order valence-corrected chi connectivity index (χ4v) is 2.92. The molecule has 2 rings (SSSR count). The van der Waals surface area contributed by atoms with Crippen LogP contribution < -0.4 is 11.2 Å². The van der Waals surface area contributed by atoms with Crippen LogP contribution in [-0.2, 0) is 25.1 Å². The lowest BCUT2D eigenvalue weighted by atomic mass is 10.2. The third-order valence-electron chi connectivity index (χ3n) is 4.23. The largest absolute Gasteiger partial charge is 0.423 e. The number of ether oxygens (including phenoxy) is 4. The van der Waals surface area contributed by atoms with Gasteiger partial charge in [-0.2, -0.15) is 13.2 Å². The molecule has 1 aliphatic rings.